The minimum absolute atomic E-state index is 0.483. The molecule has 0 fully saturated rings. The third-order valence-corrected chi connectivity index (χ3v) is 6.89. The Balaban J connectivity index is 1.64. The normalized spacial score (nSPS) is 12.5. The molecule has 33 heavy (non-hydrogen) atoms. The van der Waals surface area contributed by atoms with Crippen LogP contribution in [0.4, 0.5) is 13.2 Å². The summed E-state index contributed by atoms with van der Waals surface area (Å²) in [5, 5.41) is 3.39. The number of aromatic nitrogens is 3. The Hall–Kier alpha value is -3.44. The van der Waals surface area contributed by atoms with Crippen LogP contribution >= 0.6 is 11.6 Å². The predicted octanol–water partition coefficient (Wildman–Crippen LogP) is 4.72. The summed E-state index contributed by atoms with van der Waals surface area (Å²) in [5.74, 6) is 0. The molecule has 1 aromatic carbocycles. The first-order chi connectivity index (χ1) is 15.6. The fourth-order valence-electron chi connectivity index (χ4n) is 3.03. The fourth-order valence-corrected chi connectivity index (χ4v) is 4.50. The number of alkyl halides is 3. The molecule has 0 saturated heterocycles. The van der Waals surface area contributed by atoms with Crippen molar-refractivity contribution < 1.29 is 21.6 Å². The Kier molecular flexibility index (Phi) is 5.85. The third kappa shape index (κ3) is 4.55. The van der Waals surface area contributed by atoms with Crippen LogP contribution in [0.25, 0.3) is 16.8 Å². The maximum atomic E-state index is 12.8. The molecule has 3 aromatic heterocycles. The number of nitrogens with zero attached hydrogens (tertiary/aromatic N) is 5. The van der Waals surface area contributed by atoms with Crippen molar-refractivity contribution in [2.45, 2.75) is 11.1 Å². The summed E-state index contributed by atoms with van der Waals surface area (Å²) in [6.45, 7) is 0. The molecule has 4 rings (SSSR count). The number of sulfonamides is 1. The first-order valence-electron chi connectivity index (χ1n) is 9.34. The quantitative estimate of drug-likeness (QED) is 0.297. The van der Waals surface area contributed by atoms with Gasteiger partial charge >= 0.3 is 6.18 Å². The van der Waals surface area contributed by atoms with E-state index in [1.807, 2.05) is 24.4 Å². The van der Waals surface area contributed by atoms with Gasteiger partial charge in [-0.1, -0.05) is 17.7 Å². The first-order valence-corrected chi connectivity index (χ1v) is 11.2. The van der Waals surface area contributed by atoms with Crippen molar-refractivity contribution in [3.63, 3.8) is 0 Å². The number of benzene rings is 1. The van der Waals surface area contributed by atoms with Crippen LogP contribution in [-0.2, 0) is 16.2 Å². The molecule has 0 aliphatic heterocycles. The Labute approximate surface area is 191 Å². The number of rotatable bonds is 5. The fraction of sp³-hybridized carbons (Fsp3) is 0.0952. The van der Waals surface area contributed by atoms with Gasteiger partial charge in [-0.15, -0.1) is 0 Å². The van der Waals surface area contributed by atoms with Gasteiger partial charge in [-0.05, 0) is 36.4 Å². The van der Waals surface area contributed by atoms with Crippen molar-refractivity contribution in [3.05, 3.63) is 83.5 Å². The number of imidazole rings is 1. The SMILES string of the molecule is CN(/N=C/c1cnc2ccc(-c3cccnc3)cn12)S(=O)(=O)c1ccc(C(F)(F)F)cc1Cl. The van der Waals surface area contributed by atoms with E-state index < -0.39 is 31.7 Å². The highest BCUT2D eigenvalue weighted by molar-refractivity contribution is 7.89. The molecule has 0 saturated carbocycles. The van der Waals surface area contributed by atoms with Gasteiger partial charge in [0.1, 0.15) is 10.5 Å². The Morgan fingerprint density at radius 2 is 1.91 bits per heavy atom. The highest BCUT2D eigenvalue weighted by Crippen LogP contribution is 2.34. The van der Waals surface area contributed by atoms with Crippen LogP contribution < -0.4 is 0 Å². The van der Waals surface area contributed by atoms with E-state index in [0.29, 0.717) is 27.9 Å². The monoisotopic (exact) mass is 493 g/mol. The number of hydrogen-bond donors (Lipinski definition) is 0. The van der Waals surface area contributed by atoms with Gasteiger partial charge in [0.05, 0.1) is 28.7 Å². The Morgan fingerprint density at radius 3 is 2.58 bits per heavy atom. The zero-order chi connectivity index (χ0) is 23.8. The molecule has 7 nitrogen and oxygen atoms in total. The van der Waals surface area contributed by atoms with E-state index in [2.05, 4.69) is 15.1 Å². The summed E-state index contributed by atoms with van der Waals surface area (Å²) in [7, 11) is -3.13. The summed E-state index contributed by atoms with van der Waals surface area (Å²) < 4.78 is 66.5. The molecule has 0 N–H and O–H groups in total. The maximum Gasteiger partial charge on any atom is 0.416 e. The second-order valence-corrected chi connectivity index (χ2v) is 9.22. The zero-order valence-electron chi connectivity index (χ0n) is 16.9. The first kappa shape index (κ1) is 22.7. The lowest BCUT2D eigenvalue weighted by molar-refractivity contribution is -0.137. The highest BCUT2D eigenvalue weighted by Gasteiger charge is 2.32. The molecule has 0 amide bonds. The van der Waals surface area contributed by atoms with Gasteiger partial charge < -0.3 is 0 Å². The average Bonchev–Trinajstić information content (AvgIpc) is 3.19. The highest BCUT2D eigenvalue weighted by atomic mass is 35.5. The molecule has 12 heteroatoms. The topological polar surface area (TPSA) is 79.9 Å². The van der Waals surface area contributed by atoms with Gasteiger partial charge in [0.25, 0.3) is 10.0 Å². The molecule has 0 aliphatic carbocycles. The van der Waals surface area contributed by atoms with Crippen LogP contribution in [0, 0.1) is 0 Å². The molecule has 0 atom stereocenters. The third-order valence-electron chi connectivity index (χ3n) is 4.77. The van der Waals surface area contributed by atoms with Crippen LogP contribution in [0.2, 0.25) is 5.02 Å². The van der Waals surface area contributed by atoms with Crippen molar-refractivity contribution >= 4 is 33.5 Å². The Morgan fingerprint density at radius 1 is 1.12 bits per heavy atom. The van der Waals surface area contributed by atoms with Crippen LogP contribution in [0.1, 0.15) is 11.3 Å². The summed E-state index contributed by atoms with van der Waals surface area (Å²) in [6, 6.07) is 9.40. The van der Waals surface area contributed by atoms with E-state index in [1.165, 1.54) is 12.4 Å². The van der Waals surface area contributed by atoms with Crippen molar-refractivity contribution in [1.29, 1.82) is 0 Å². The van der Waals surface area contributed by atoms with Gasteiger partial charge in [-0.2, -0.15) is 31.1 Å². The lowest BCUT2D eigenvalue weighted by Crippen LogP contribution is -2.22. The Bertz CT molecular complexity index is 1450. The molecule has 0 radical (unpaired) electrons. The lowest BCUT2D eigenvalue weighted by Gasteiger charge is -2.15. The van der Waals surface area contributed by atoms with Crippen molar-refractivity contribution in [2.24, 2.45) is 5.10 Å². The number of fused-ring (bicyclic) bond motifs is 1. The minimum atomic E-state index is -4.65. The van der Waals surface area contributed by atoms with E-state index in [0.717, 1.165) is 24.2 Å². The number of hydrazone groups is 1. The zero-order valence-corrected chi connectivity index (χ0v) is 18.5. The van der Waals surface area contributed by atoms with E-state index in [1.54, 1.807) is 22.9 Å². The lowest BCUT2D eigenvalue weighted by atomic mass is 10.1. The van der Waals surface area contributed by atoms with E-state index in [-0.39, 0.29) is 0 Å². The number of hydrogen-bond acceptors (Lipinski definition) is 5. The molecule has 0 unspecified atom stereocenters. The molecule has 0 bridgehead atoms. The number of halogens is 4. The molecule has 4 aromatic rings. The van der Waals surface area contributed by atoms with Gasteiger partial charge in [-0.3, -0.25) is 9.38 Å². The largest absolute Gasteiger partial charge is 0.416 e. The molecule has 0 spiro atoms. The van der Waals surface area contributed by atoms with Gasteiger partial charge in [0.2, 0.25) is 0 Å². The summed E-state index contributed by atoms with van der Waals surface area (Å²) >= 11 is 5.84. The standard InChI is InChI=1S/C21H15ClF3N5O2S/c1-29(33(31,32)19-6-5-16(9-18(19)22)21(23,24)25)28-12-17-11-27-20-7-4-15(13-30(17)20)14-3-2-8-26-10-14/h2-13H,1H3/b28-12+. The van der Waals surface area contributed by atoms with Crippen LogP contribution in [0.5, 0.6) is 0 Å². The van der Waals surface area contributed by atoms with Gasteiger partial charge in [0.15, 0.2) is 0 Å². The van der Waals surface area contributed by atoms with Crippen LogP contribution in [0.3, 0.4) is 0 Å². The molecule has 3 heterocycles. The maximum absolute atomic E-state index is 12.8. The molecular weight excluding hydrogens is 479 g/mol. The average molecular weight is 494 g/mol. The summed E-state index contributed by atoms with van der Waals surface area (Å²) in [4.78, 5) is 7.86. The van der Waals surface area contributed by atoms with E-state index in [9.17, 15) is 21.6 Å². The smallest absolute Gasteiger partial charge is 0.298 e. The minimum Gasteiger partial charge on any atom is -0.298 e. The van der Waals surface area contributed by atoms with Crippen LogP contribution in [0.15, 0.2) is 77.2 Å². The number of pyridine rings is 2. The van der Waals surface area contributed by atoms with E-state index >= 15 is 0 Å². The predicted molar refractivity (Wildman–Crippen MR) is 117 cm³/mol. The molecular formula is C21H15ClF3N5O2S. The molecule has 0 aliphatic rings. The van der Waals surface area contributed by atoms with Crippen molar-refractivity contribution in [1.82, 2.24) is 18.8 Å². The summed E-state index contributed by atoms with van der Waals surface area (Å²) in [5.41, 5.74) is 1.79. The molecule has 170 valence electrons. The second kappa shape index (κ2) is 8.49. The second-order valence-electron chi connectivity index (χ2n) is 6.90. The van der Waals surface area contributed by atoms with Gasteiger partial charge in [-0.25, -0.2) is 4.98 Å². The van der Waals surface area contributed by atoms with Gasteiger partial charge in [0, 0.05) is 36.8 Å². The summed E-state index contributed by atoms with van der Waals surface area (Å²) in [6.07, 6.45) is 3.33. The van der Waals surface area contributed by atoms with Crippen molar-refractivity contribution in [3.8, 4) is 11.1 Å². The van der Waals surface area contributed by atoms with Crippen LogP contribution in [-0.4, -0.2) is 40.5 Å². The van der Waals surface area contributed by atoms with Crippen molar-refractivity contribution in [2.75, 3.05) is 7.05 Å². The van der Waals surface area contributed by atoms with E-state index in [4.69, 9.17) is 11.6 Å².